The second-order valence-corrected chi connectivity index (χ2v) is 11.0. The van der Waals surface area contributed by atoms with Gasteiger partial charge in [-0.15, -0.1) is 0 Å². The molecule has 1 N–H and O–H groups in total. The minimum absolute atomic E-state index is 0.0267. The van der Waals surface area contributed by atoms with Gasteiger partial charge in [-0.2, -0.15) is 0 Å². The molecule has 170 valence electrons. The molecule has 0 saturated carbocycles. The van der Waals surface area contributed by atoms with Gasteiger partial charge in [-0.1, -0.05) is 17.7 Å². The minimum Gasteiger partial charge on any atom is -0.352 e. The zero-order chi connectivity index (χ0) is 23.2. The molecule has 1 aromatic carbocycles. The molecule has 1 aliphatic rings. The summed E-state index contributed by atoms with van der Waals surface area (Å²) in [5.41, 5.74) is 3.92. The number of halogens is 1. The molecule has 2 aromatic heterocycles. The zero-order valence-electron chi connectivity index (χ0n) is 18.2. The number of aromatic nitrogens is 3. The summed E-state index contributed by atoms with van der Waals surface area (Å²) in [5, 5.41) is 3.85. The van der Waals surface area contributed by atoms with Gasteiger partial charge in [0.1, 0.15) is 0 Å². The number of nitrogens with zero attached hydrogens (tertiary/aromatic N) is 3. The molecule has 1 aliphatic heterocycles. The van der Waals surface area contributed by atoms with Gasteiger partial charge in [0.25, 0.3) is 5.56 Å². The van der Waals surface area contributed by atoms with Gasteiger partial charge < -0.3 is 5.32 Å². The van der Waals surface area contributed by atoms with Crippen LogP contribution in [0, 0.1) is 20.8 Å². The smallest absolute Gasteiger partial charge is 0.263 e. The maximum Gasteiger partial charge on any atom is 0.263 e. The van der Waals surface area contributed by atoms with Crippen LogP contribution in [0.2, 0.25) is 5.02 Å². The van der Waals surface area contributed by atoms with E-state index in [1.165, 1.54) is 10.9 Å². The lowest BCUT2D eigenvalue weighted by Crippen LogP contribution is -2.36. The number of fused-ring (bicyclic) bond motifs is 1. The second-order valence-electron chi connectivity index (χ2n) is 8.34. The van der Waals surface area contributed by atoms with Crippen molar-refractivity contribution in [1.29, 1.82) is 0 Å². The van der Waals surface area contributed by atoms with E-state index in [2.05, 4.69) is 10.3 Å². The molecule has 32 heavy (non-hydrogen) atoms. The number of hydrogen-bond acceptors (Lipinski definition) is 5. The Hall–Kier alpha value is -2.65. The van der Waals surface area contributed by atoms with Crippen molar-refractivity contribution in [2.24, 2.45) is 0 Å². The van der Waals surface area contributed by atoms with Crippen molar-refractivity contribution in [1.82, 2.24) is 19.4 Å². The van der Waals surface area contributed by atoms with E-state index in [4.69, 9.17) is 11.6 Å². The predicted octanol–water partition coefficient (Wildman–Crippen LogP) is 2.46. The highest BCUT2D eigenvalue weighted by Gasteiger charge is 2.28. The molecule has 3 heterocycles. The van der Waals surface area contributed by atoms with Gasteiger partial charge in [-0.05, 0) is 50.5 Å². The fraction of sp³-hybridized carbons (Fsp3) is 0.409. The van der Waals surface area contributed by atoms with Crippen LogP contribution >= 0.6 is 11.6 Å². The third-order valence-electron chi connectivity index (χ3n) is 6.07. The van der Waals surface area contributed by atoms with Gasteiger partial charge in [0.05, 0.1) is 28.9 Å². The Kier molecular flexibility index (Phi) is 5.89. The molecule has 0 aliphatic carbocycles. The molecular formula is C22H25ClN4O4S. The molecule has 1 amide bonds. The van der Waals surface area contributed by atoms with Crippen LogP contribution in [-0.2, 0) is 21.2 Å². The van der Waals surface area contributed by atoms with Crippen LogP contribution in [0.5, 0.6) is 0 Å². The summed E-state index contributed by atoms with van der Waals surface area (Å²) in [4.78, 5) is 30.0. The highest BCUT2D eigenvalue weighted by atomic mass is 35.5. The highest BCUT2D eigenvalue weighted by Crippen LogP contribution is 2.28. The summed E-state index contributed by atoms with van der Waals surface area (Å²) in [6.07, 6.45) is 1.94. The lowest BCUT2D eigenvalue weighted by Gasteiger charge is -2.13. The van der Waals surface area contributed by atoms with Crippen LogP contribution in [0.4, 0.5) is 0 Å². The molecule has 1 saturated heterocycles. The summed E-state index contributed by atoms with van der Waals surface area (Å²) in [6.45, 7) is 5.95. The van der Waals surface area contributed by atoms with Crippen molar-refractivity contribution in [3.63, 3.8) is 0 Å². The van der Waals surface area contributed by atoms with Crippen LogP contribution in [-0.4, -0.2) is 46.0 Å². The molecule has 1 atom stereocenters. The fourth-order valence-electron chi connectivity index (χ4n) is 4.19. The molecule has 4 rings (SSSR count). The number of sulfone groups is 1. The number of carbonyl (C=O) groups excluding carboxylic acids is 1. The van der Waals surface area contributed by atoms with E-state index in [9.17, 15) is 18.0 Å². The van der Waals surface area contributed by atoms with E-state index in [0.29, 0.717) is 22.5 Å². The third kappa shape index (κ3) is 4.19. The molecule has 3 aromatic rings. The van der Waals surface area contributed by atoms with Gasteiger partial charge in [0, 0.05) is 29.7 Å². The molecule has 0 radical (unpaired) electrons. The van der Waals surface area contributed by atoms with E-state index >= 15 is 0 Å². The number of carbonyl (C=O) groups is 1. The Labute approximate surface area is 191 Å². The van der Waals surface area contributed by atoms with Crippen LogP contribution in [0.15, 0.2) is 29.3 Å². The molecule has 0 spiro atoms. The van der Waals surface area contributed by atoms with Crippen molar-refractivity contribution in [3.8, 4) is 5.69 Å². The van der Waals surface area contributed by atoms with Crippen LogP contribution in [0.3, 0.4) is 0 Å². The Balaban J connectivity index is 1.61. The summed E-state index contributed by atoms with van der Waals surface area (Å²) >= 11 is 6.21. The minimum atomic E-state index is -3.07. The number of benzene rings is 1. The number of aryl methyl sites for hydroxylation is 3. The topological polar surface area (TPSA) is 103 Å². The van der Waals surface area contributed by atoms with Gasteiger partial charge >= 0.3 is 0 Å². The first-order valence-electron chi connectivity index (χ1n) is 10.4. The molecule has 8 nitrogen and oxygen atoms in total. The quantitative estimate of drug-likeness (QED) is 0.609. The molecule has 0 unspecified atom stereocenters. The maximum atomic E-state index is 13.2. The van der Waals surface area contributed by atoms with Crippen molar-refractivity contribution in [2.75, 3.05) is 11.5 Å². The van der Waals surface area contributed by atoms with Gasteiger partial charge in [0.2, 0.25) is 5.91 Å². The first-order chi connectivity index (χ1) is 15.1. The van der Waals surface area contributed by atoms with E-state index in [1.807, 2.05) is 43.5 Å². The summed E-state index contributed by atoms with van der Waals surface area (Å²) in [7, 11) is -3.07. The van der Waals surface area contributed by atoms with E-state index < -0.39 is 9.84 Å². The van der Waals surface area contributed by atoms with Crippen LogP contribution in [0.1, 0.15) is 29.7 Å². The van der Waals surface area contributed by atoms with Gasteiger partial charge in [-0.25, -0.2) is 13.4 Å². The standard InChI is InChI=1S/C22H25ClN4O4S/c1-13-4-5-16(23)10-18(13)27-15(3)14(2)20-21(27)24-12-26(22(20)29)8-6-19(28)25-17-7-9-32(30,31)11-17/h4-5,10,12,17H,6-9,11H2,1-3H3,(H,25,28)/t17-/m1/s1. The Morgan fingerprint density at radius 1 is 1.28 bits per heavy atom. The van der Waals surface area contributed by atoms with Gasteiger partial charge in [-0.3, -0.25) is 18.7 Å². The van der Waals surface area contributed by atoms with Crippen LogP contribution in [0.25, 0.3) is 16.7 Å². The fourth-order valence-corrected chi connectivity index (χ4v) is 6.03. The number of hydrogen-bond donors (Lipinski definition) is 1. The van der Waals surface area contributed by atoms with E-state index in [0.717, 1.165) is 22.5 Å². The number of rotatable bonds is 5. The summed E-state index contributed by atoms with van der Waals surface area (Å²) in [6, 6.07) is 5.24. The van der Waals surface area contributed by atoms with Crippen molar-refractivity contribution >= 4 is 38.4 Å². The molecule has 1 fully saturated rings. The molecule has 0 bridgehead atoms. The normalized spacial score (nSPS) is 17.7. The summed E-state index contributed by atoms with van der Waals surface area (Å²) in [5.74, 6) is -0.208. The van der Waals surface area contributed by atoms with Crippen LogP contribution < -0.4 is 10.9 Å². The predicted molar refractivity (Wildman–Crippen MR) is 124 cm³/mol. The number of amides is 1. The van der Waals surface area contributed by atoms with Crippen molar-refractivity contribution in [3.05, 3.63) is 56.7 Å². The lowest BCUT2D eigenvalue weighted by molar-refractivity contribution is -0.121. The second kappa shape index (κ2) is 8.37. The average molecular weight is 477 g/mol. The first-order valence-corrected chi connectivity index (χ1v) is 12.6. The maximum absolute atomic E-state index is 13.2. The largest absolute Gasteiger partial charge is 0.352 e. The molecule has 10 heteroatoms. The summed E-state index contributed by atoms with van der Waals surface area (Å²) < 4.78 is 26.5. The Morgan fingerprint density at radius 3 is 2.72 bits per heavy atom. The van der Waals surface area contributed by atoms with Gasteiger partial charge in [0.15, 0.2) is 15.5 Å². The van der Waals surface area contributed by atoms with E-state index in [1.54, 1.807) is 0 Å². The molecular weight excluding hydrogens is 452 g/mol. The Bertz CT molecular complexity index is 1390. The number of nitrogens with one attached hydrogen (secondary N) is 1. The monoisotopic (exact) mass is 476 g/mol. The first kappa shape index (κ1) is 22.5. The zero-order valence-corrected chi connectivity index (χ0v) is 19.8. The van der Waals surface area contributed by atoms with E-state index in [-0.39, 0.29) is 42.0 Å². The van der Waals surface area contributed by atoms with Crippen molar-refractivity contribution < 1.29 is 13.2 Å². The SMILES string of the molecule is Cc1ccc(Cl)cc1-n1c(C)c(C)c2c(=O)n(CCC(=O)N[C@@H]3CCS(=O)(=O)C3)cnc21. The highest BCUT2D eigenvalue weighted by molar-refractivity contribution is 7.91. The Morgan fingerprint density at radius 2 is 2.03 bits per heavy atom. The van der Waals surface area contributed by atoms with Crippen molar-refractivity contribution in [2.45, 2.75) is 46.2 Å². The lowest BCUT2D eigenvalue weighted by atomic mass is 10.2. The third-order valence-corrected chi connectivity index (χ3v) is 8.08. The average Bonchev–Trinajstić information content (AvgIpc) is 3.19.